The summed E-state index contributed by atoms with van der Waals surface area (Å²) < 4.78 is 13.1. The number of nitrogens with zero attached hydrogens (tertiary/aromatic N) is 2. The van der Waals surface area contributed by atoms with E-state index in [4.69, 9.17) is 11.6 Å². The molecule has 0 aliphatic rings. The van der Waals surface area contributed by atoms with Crippen LogP contribution in [0.5, 0.6) is 0 Å². The third-order valence-electron chi connectivity index (χ3n) is 1.74. The van der Waals surface area contributed by atoms with Crippen LogP contribution in [0, 0.1) is 5.82 Å². The summed E-state index contributed by atoms with van der Waals surface area (Å²) in [5.41, 5.74) is -0.791. The Morgan fingerprint density at radius 3 is 2.87 bits per heavy atom. The molecule has 0 bridgehead atoms. The number of anilines is 1. The van der Waals surface area contributed by atoms with Gasteiger partial charge < -0.3 is 10.4 Å². The number of aromatic nitrogens is 2. The van der Waals surface area contributed by atoms with Gasteiger partial charge in [-0.05, 0) is 31.9 Å². The minimum atomic E-state index is -0.791. The van der Waals surface area contributed by atoms with Gasteiger partial charge in [-0.15, -0.1) is 0 Å². The van der Waals surface area contributed by atoms with Crippen LogP contribution in [0.4, 0.5) is 10.2 Å². The van der Waals surface area contributed by atoms with E-state index in [1.54, 1.807) is 13.8 Å². The van der Waals surface area contributed by atoms with E-state index < -0.39 is 11.4 Å². The zero-order valence-corrected chi connectivity index (χ0v) is 9.35. The van der Waals surface area contributed by atoms with Gasteiger partial charge in [-0.1, -0.05) is 0 Å². The summed E-state index contributed by atoms with van der Waals surface area (Å²) in [5, 5.41) is 12.2. The second-order valence-corrected chi connectivity index (χ2v) is 4.16. The molecule has 1 heterocycles. The molecule has 4 nitrogen and oxygen atoms in total. The third kappa shape index (κ3) is 4.40. The molecule has 0 atom stereocenters. The summed E-state index contributed by atoms with van der Waals surface area (Å²) in [5.74, 6) is -0.505. The number of hydrogen-bond acceptors (Lipinski definition) is 4. The first-order valence-electron chi connectivity index (χ1n) is 4.53. The summed E-state index contributed by atoms with van der Waals surface area (Å²) in [6.07, 6.45) is 1.48. The van der Waals surface area contributed by atoms with Crippen LogP contribution >= 0.6 is 11.6 Å². The lowest BCUT2D eigenvalue weighted by molar-refractivity contribution is 0.0748. The summed E-state index contributed by atoms with van der Waals surface area (Å²) >= 11 is 5.51. The van der Waals surface area contributed by atoms with Crippen LogP contribution in [0.1, 0.15) is 20.3 Å². The van der Waals surface area contributed by atoms with Crippen molar-refractivity contribution in [1.29, 1.82) is 0 Å². The summed E-state index contributed by atoms with van der Waals surface area (Å²) in [4.78, 5) is 7.17. The number of rotatable bonds is 4. The molecule has 0 aromatic carbocycles. The number of nitrogens with one attached hydrogen (secondary N) is 1. The molecule has 6 heteroatoms. The maximum Gasteiger partial charge on any atom is 0.224 e. The minimum Gasteiger partial charge on any atom is -0.390 e. The first-order chi connectivity index (χ1) is 6.88. The average Bonchev–Trinajstić information content (AvgIpc) is 2.09. The standard InChI is InChI=1S/C9H13ClFN3O/c1-9(2,15)3-4-12-7-6(11)5-13-8(10)14-7/h5,15H,3-4H2,1-2H3,(H,12,13,14). The van der Waals surface area contributed by atoms with Crippen molar-refractivity contribution in [2.45, 2.75) is 25.9 Å². The van der Waals surface area contributed by atoms with E-state index in [1.165, 1.54) is 0 Å². The van der Waals surface area contributed by atoms with Crippen molar-refractivity contribution in [3.05, 3.63) is 17.3 Å². The molecule has 0 aliphatic heterocycles. The van der Waals surface area contributed by atoms with Crippen molar-refractivity contribution in [1.82, 2.24) is 9.97 Å². The average molecular weight is 234 g/mol. The van der Waals surface area contributed by atoms with Gasteiger partial charge in [0.1, 0.15) is 0 Å². The van der Waals surface area contributed by atoms with Gasteiger partial charge in [-0.2, -0.15) is 4.98 Å². The van der Waals surface area contributed by atoms with Crippen LogP contribution in [0.15, 0.2) is 6.20 Å². The van der Waals surface area contributed by atoms with E-state index >= 15 is 0 Å². The van der Waals surface area contributed by atoms with Crippen molar-refractivity contribution >= 4 is 17.4 Å². The Bertz CT molecular complexity index is 341. The maximum absolute atomic E-state index is 13.1. The van der Waals surface area contributed by atoms with Gasteiger partial charge in [0.05, 0.1) is 11.8 Å². The highest BCUT2D eigenvalue weighted by molar-refractivity contribution is 6.28. The Hall–Kier alpha value is -0.940. The van der Waals surface area contributed by atoms with E-state index in [0.717, 1.165) is 6.20 Å². The molecule has 0 aliphatic carbocycles. The lowest BCUT2D eigenvalue weighted by Crippen LogP contribution is -2.23. The molecule has 15 heavy (non-hydrogen) atoms. The molecule has 0 radical (unpaired) electrons. The highest BCUT2D eigenvalue weighted by atomic mass is 35.5. The van der Waals surface area contributed by atoms with Crippen LogP contribution in [0.2, 0.25) is 5.28 Å². The first-order valence-corrected chi connectivity index (χ1v) is 4.90. The van der Waals surface area contributed by atoms with Gasteiger partial charge >= 0.3 is 0 Å². The fraction of sp³-hybridized carbons (Fsp3) is 0.556. The van der Waals surface area contributed by atoms with Gasteiger partial charge in [0, 0.05) is 6.54 Å². The SMILES string of the molecule is CC(C)(O)CCNc1nc(Cl)ncc1F. The van der Waals surface area contributed by atoms with Crippen LogP contribution < -0.4 is 5.32 Å². The van der Waals surface area contributed by atoms with E-state index in [9.17, 15) is 9.50 Å². The lowest BCUT2D eigenvalue weighted by Gasteiger charge is -2.17. The smallest absolute Gasteiger partial charge is 0.224 e. The van der Waals surface area contributed by atoms with Gasteiger partial charge in [0.25, 0.3) is 0 Å². The molecule has 0 saturated heterocycles. The van der Waals surface area contributed by atoms with Gasteiger partial charge in [-0.3, -0.25) is 0 Å². The predicted octanol–water partition coefficient (Wildman–Crippen LogP) is 1.84. The van der Waals surface area contributed by atoms with Crippen molar-refractivity contribution in [3.63, 3.8) is 0 Å². The monoisotopic (exact) mass is 233 g/mol. The fourth-order valence-electron chi connectivity index (χ4n) is 0.956. The van der Waals surface area contributed by atoms with Gasteiger partial charge in [0.2, 0.25) is 5.28 Å². The zero-order chi connectivity index (χ0) is 11.5. The topological polar surface area (TPSA) is 58.0 Å². The highest BCUT2D eigenvalue weighted by Gasteiger charge is 2.12. The third-order valence-corrected chi connectivity index (χ3v) is 1.93. The molecular formula is C9H13ClFN3O. The molecular weight excluding hydrogens is 221 g/mol. The summed E-state index contributed by atoms with van der Waals surface area (Å²) in [6.45, 7) is 3.77. The van der Waals surface area contributed by atoms with Crippen LogP contribution in [0.3, 0.4) is 0 Å². The molecule has 1 rings (SSSR count). The zero-order valence-electron chi connectivity index (χ0n) is 8.59. The van der Waals surface area contributed by atoms with E-state index in [2.05, 4.69) is 15.3 Å². The Balaban J connectivity index is 2.54. The lowest BCUT2D eigenvalue weighted by atomic mass is 10.1. The number of aliphatic hydroxyl groups is 1. The number of hydrogen-bond donors (Lipinski definition) is 2. The molecule has 0 unspecified atom stereocenters. The second-order valence-electron chi connectivity index (χ2n) is 3.82. The Morgan fingerprint density at radius 2 is 2.27 bits per heavy atom. The van der Waals surface area contributed by atoms with E-state index in [1.807, 2.05) is 0 Å². The molecule has 0 spiro atoms. The molecule has 1 aromatic rings. The second kappa shape index (κ2) is 4.72. The predicted molar refractivity (Wildman–Crippen MR) is 56.4 cm³/mol. The Morgan fingerprint density at radius 1 is 1.60 bits per heavy atom. The molecule has 84 valence electrons. The Kier molecular flexibility index (Phi) is 3.82. The summed E-state index contributed by atoms with van der Waals surface area (Å²) in [7, 11) is 0. The largest absolute Gasteiger partial charge is 0.390 e. The minimum absolute atomic E-state index is 0.0119. The quantitative estimate of drug-likeness (QED) is 0.780. The van der Waals surface area contributed by atoms with Crippen LogP contribution in [0.25, 0.3) is 0 Å². The maximum atomic E-state index is 13.1. The summed E-state index contributed by atoms with van der Waals surface area (Å²) in [6, 6.07) is 0. The molecule has 0 amide bonds. The normalized spacial score (nSPS) is 11.5. The van der Waals surface area contributed by atoms with E-state index in [-0.39, 0.29) is 11.1 Å². The molecule has 0 saturated carbocycles. The van der Waals surface area contributed by atoms with Crippen molar-refractivity contribution in [3.8, 4) is 0 Å². The molecule has 1 aromatic heterocycles. The molecule has 2 N–H and O–H groups in total. The Labute approximate surface area is 92.5 Å². The number of halogens is 2. The van der Waals surface area contributed by atoms with Crippen LogP contribution in [-0.2, 0) is 0 Å². The van der Waals surface area contributed by atoms with Crippen molar-refractivity contribution in [2.75, 3.05) is 11.9 Å². The van der Waals surface area contributed by atoms with Crippen molar-refractivity contribution < 1.29 is 9.50 Å². The van der Waals surface area contributed by atoms with Crippen molar-refractivity contribution in [2.24, 2.45) is 0 Å². The van der Waals surface area contributed by atoms with Gasteiger partial charge in [-0.25, -0.2) is 9.37 Å². The molecule has 0 fully saturated rings. The van der Waals surface area contributed by atoms with E-state index in [0.29, 0.717) is 13.0 Å². The van der Waals surface area contributed by atoms with Crippen LogP contribution in [-0.4, -0.2) is 27.2 Å². The fourth-order valence-corrected chi connectivity index (χ4v) is 1.09. The van der Waals surface area contributed by atoms with Gasteiger partial charge in [0.15, 0.2) is 11.6 Å². The highest BCUT2D eigenvalue weighted by Crippen LogP contribution is 2.13. The first kappa shape index (κ1) is 12.1.